The fourth-order valence-corrected chi connectivity index (χ4v) is 13.6. The van der Waals surface area contributed by atoms with Crippen LogP contribution in [0.25, 0.3) is 0 Å². The number of aromatic hydroxyl groups is 2. The quantitative estimate of drug-likeness (QED) is 0.0282. The lowest BCUT2D eigenvalue weighted by molar-refractivity contribution is -0.154. The van der Waals surface area contributed by atoms with Crippen molar-refractivity contribution in [1.82, 2.24) is 74.0 Å². The van der Waals surface area contributed by atoms with Crippen LogP contribution in [0.5, 0.6) is 11.5 Å². The number of phenolic OH excluding ortho intramolecular Hbond substituents is 2. The van der Waals surface area contributed by atoms with Gasteiger partial charge in [0.15, 0.2) is 0 Å². The highest BCUT2D eigenvalue weighted by atomic mass is 16.5. The molecule has 2 bridgehead atoms. The van der Waals surface area contributed by atoms with Crippen molar-refractivity contribution in [2.75, 3.05) is 33.4 Å². The second-order valence-electron chi connectivity index (χ2n) is 29.1. The molecule has 0 radical (unpaired) electrons. The van der Waals surface area contributed by atoms with Gasteiger partial charge in [-0.15, -0.1) is 0 Å². The summed E-state index contributed by atoms with van der Waals surface area (Å²) in [5, 5.41) is 84.9. The number of fused-ring (bicyclic) bond motifs is 12. The van der Waals surface area contributed by atoms with Crippen molar-refractivity contribution >= 4 is 101 Å². The van der Waals surface area contributed by atoms with Gasteiger partial charge in [0.05, 0.1) is 33.2 Å². The summed E-state index contributed by atoms with van der Waals surface area (Å²) >= 11 is 0. The van der Waals surface area contributed by atoms with Crippen molar-refractivity contribution in [3.05, 3.63) is 167 Å². The third kappa shape index (κ3) is 28.2. The molecular weight excluding hydrogens is 1560 g/mol. The number of rotatable bonds is 23. The third-order valence-corrected chi connectivity index (χ3v) is 20.0. The van der Waals surface area contributed by atoms with Gasteiger partial charge in [-0.2, -0.15) is 0 Å². The number of phenols is 2. The molecule has 5 aromatic rings. The van der Waals surface area contributed by atoms with Gasteiger partial charge in [0.25, 0.3) is 0 Å². The fourth-order valence-electron chi connectivity index (χ4n) is 13.6. The Labute approximate surface area is 688 Å². The molecular formula is C82H100N14O24. The van der Waals surface area contributed by atoms with Gasteiger partial charge in [-0.3, -0.25) is 76.7 Å². The second-order valence-corrected chi connectivity index (χ2v) is 29.1. The number of aliphatic hydroxyl groups excluding tert-OH is 2. The van der Waals surface area contributed by atoms with Crippen LogP contribution in [0.1, 0.15) is 99.5 Å². The van der Waals surface area contributed by atoms with Gasteiger partial charge in [0.2, 0.25) is 82.7 Å². The number of amides is 14. The summed E-state index contributed by atoms with van der Waals surface area (Å²) < 4.78 is 10.7. The maximum absolute atomic E-state index is 15.5. The Bertz CT molecular complexity index is 4470. The lowest BCUT2D eigenvalue weighted by Gasteiger charge is -2.31. The second kappa shape index (κ2) is 45.4. The summed E-state index contributed by atoms with van der Waals surface area (Å²) in [4.78, 5) is 249. The lowest BCUT2D eigenvalue weighted by Crippen LogP contribution is -2.63. The highest BCUT2D eigenvalue weighted by Gasteiger charge is 2.43. The smallest absolute Gasteiger partial charge is 0.326 e. The van der Waals surface area contributed by atoms with Gasteiger partial charge < -0.3 is 109 Å². The van der Waals surface area contributed by atoms with Gasteiger partial charge in [-0.1, -0.05) is 115 Å². The number of nitrogens with one attached hydrogen (secondary N) is 13. The maximum Gasteiger partial charge on any atom is 0.326 e. The van der Waals surface area contributed by atoms with E-state index in [2.05, 4.69) is 69.1 Å². The highest BCUT2D eigenvalue weighted by molar-refractivity contribution is 6.02. The van der Waals surface area contributed by atoms with E-state index in [1.54, 1.807) is 78.9 Å². The number of carbonyl (C=O) groups is 17. The Morgan fingerprint density at radius 2 is 1.01 bits per heavy atom. The first-order chi connectivity index (χ1) is 57.4. The number of carbonyl (C=O) groups excluding carboxylic acids is 16. The first-order valence-corrected chi connectivity index (χ1v) is 39.0. The van der Waals surface area contributed by atoms with Crippen LogP contribution >= 0.6 is 0 Å². The van der Waals surface area contributed by atoms with Crippen LogP contribution in [0.4, 0.5) is 0 Å². The summed E-state index contributed by atoms with van der Waals surface area (Å²) in [5.41, 5.74) is 1.84. The van der Waals surface area contributed by atoms with Gasteiger partial charge >= 0.3 is 17.9 Å². The van der Waals surface area contributed by atoms with Crippen LogP contribution in [-0.2, 0) is 123 Å². The van der Waals surface area contributed by atoms with E-state index >= 15 is 28.8 Å². The van der Waals surface area contributed by atoms with Gasteiger partial charge in [-0.25, -0.2) is 4.79 Å². The third-order valence-electron chi connectivity index (χ3n) is 20.0. The monoisotopic (exact) mass is 1660 g/mol. The number of aliphatic carboxylic acids is 1. The molecule has 120 heavy (non-hydrogen) atoms. The van der Waals surface area contributed by atoms with Gasteiger partial charge in [-0.05, 0) is 97.5 Å². The molecule has 642 valence electrons. The number of methoxy groups -OCH3 is 1. The highest BCUT2D eigenvalue weighted by Crippen LogP contribution is 2.23. The molecule has 0 aliphatic carbocycles. The number of nitrogens with zero attached hydrogens (tertiary/aromatic N) is 1. The van der Waals surface area contributed by atoms with Crippen LogP contribution in [0.15, 0.2) is 140 Å². The number of hydrogen-bond donors (Lipinski definition) is 18. The van der Waals surface area contributed by atoms with Crippen LogP contribution in [0, 0.1) is 0 Å². The first-order valence-electron chi connectivity index (χ1n) is 39.0. The maximum atomic E-state index is 15.5. The topological polar surface area (TPSA) is 569 Å². The molecule has 38 heteroatoms. The average Bonchev–Trinajstić information content (AvgIpc) is 1.64. The number of carboxylic acids is 1. The van der Waals surface area contributed by atoms with Crippen molar-refractivity contribution in [3.8, 4) is 11.5 Å². The molecule has 8 rings (SSSR count). The number of aliphatic hydroxyl groups is 2. The van der Waals surface area contributed by atoms with Crippen molar-refractivity contribution in [1.29, 1.82) is 0 Å². The zero-order valence-corrected chi connectivity index (χ0v) is 66.0. The number of hydrogen-bond acceptors (Lipinski definition) is 23. The molecule has 18 N–H and O–H groups in total. The van der Waals surface area contributed by atoms with E-state index in [1.165, 1.54) is 60.7 Å². The molecule has 0 aromatic heterocycles. The molecule has 14 amide bonds. The Morgan fingerprint density at radius 1 is 0.508 bits per heavy atom. The molecule has 38 nitrogen and oxygen atoms in total. The predicted octanol–water partition coefficient (Wildman–Crippen LogP) is -3.51. The molecule has 3 saturated heterocycles. The molecule has 5 aromatic carbocycles. The fraction of sp³-hybridized carbons (Fsp3) is 0.427. The van der Waals surface area contributed by atoms with Crippen LogP contribution in [0.3, 0.4) is 0 Å². The largest absolute Gasteiger partial charge is 0.508 e. The van der Waals surface area contributed by atoms with Crippen LogP contribution < -0.4 is 69.1 Å². The van der Waals surface area contributed by atoms with E-state index in [9.17, 15) is 78.3 Å². The van der Waals surface area contributed by atoms with Crippen LogP contribution in [0.2, 0.25) is 0 Å². The predicted molar refractivity (Wildman–Crippen MR) is 422 cm³/mol. The average molecular weight is 1670 g/mol. The number of ether oxygens (including phenoxy) is 2. The Morgan fingerprint density at radius 3 is 1.57 bits per heavy atom. The van der Waals surface area contributed by atoms with Crippen molar-refractivity contribution in [3.63, 3.8) is 0 Å². The zero-order chi connectivity index (χ0) is 87.1. The Balaban J connectivity index is 1.29. The van der Waals surface area contributed by atoms with E-state index in [-0.39, 0.29) is 75.1 Å². The minimum Gasteiger partial charge on any atom is -0.508 e. The zero-order valence-electron chi connectivity index (χ0n) is 66.0. The summed E-state index contributed by atoms with van der Waals surface area (Å²) in [6.07, 6.45) is -7.96. The van der Waals surface area contributed by atoms with E-state index in [0.717, 1.165) is 25.9 Å². The molecule has 0 spiro atoms. The van der Waals surface area contributed by atoms with E-state index < -0.39 is 243 Å². The van der Waals surface area contributed by atoms with E-state index in [4.69, 9.17) is 9.47 Å². The van der Waals surface area contributed by atoms with Crippen molar-refractivity contribution in [2.24, 2.45) is 0 Å². The number of benzene rings is 5. The normalized spacial score (nSPS) is 23.2. The lowest BCUT2D eigenvalue weighted by atomic mass is 10.0. The molecule has 3 heterocycles. The molecule has 3 aliphatic rings. The van der Waals surface area contributed by atoms with E-state index in [1.807, 2.05) is 0 Å². The molecule has 14 unspecified atom stereocenters. The summed E-state index contributed by atoms with van der Waals surface area (Å²) in [6.45, 7) is -0.759. The minimum atomic E-state index is -2.31. The molecule has 3 fully saturated rings. The van der Waals surface area contributed by atoms with E-state index in [0.29, 0.717) is 22.3 Å². The Kier molecular flexibility index (Phi) is 34.8. The number of carboxylic acid groups (broad SMARTS) is 1. The standard InChI is InChI=1S/C82H100N14O24/c1-45-69(95-78(113)64(44-98)93-72(107)56(84-46(2)99)36-47-16-7-4-8-17-47)80(115)90-58(38-50-24-28-52(100)29-25-50)74(109)85-54-22-13-14-34-83-66(102)41-59(75(110)92-62(82(117)118)40-49-20-11-6-12-21-49)88-71(106)55(32-33-67(103)119-3)86-73(108)57(37-48-18-9-5-10-19-48)87-76(111)60(42-68(104)120-45)89-77(112)63(43-97)94-79(114)65-23-15-35-96(65)81(116)61(91-70(54)105)39-51-26-30-53(101)31-27-51/h4-12,16-21,24-31,45,54-65,69,97-98,100-101H,13-15,22-23,32-44H2,1-3H3,(H,83,102)(H,84,99)(H,85,109)(H,86,108)(H,87,111)(H,88,106)(H,89,112)(H,90,115)(H,91,105)(H,92,110)(H,93,107)(H,94,114)(H,95,113)(H,117,118). The van der Waals surface area contributed by atoms with Crippen molar-refractivity contribution in [2.45, 2.75) is 188 Å². The van der Waals surface area contributed by atoms with Gasteiger partial charge in [0, 0.05) is 58.5 Å². The summed E-state index contributed by atoms with van der Waals surface area (Å²) in [7, 11) is 1.02. The molecule has 3 aliphatic heterocycles. The Hall–Kier alpha value is -13.4. The van der Waals surface area contributed by atoms with Crippen molar-refractivity contribution < 1.29 is 117 Å². The van der Waals surface area contributed by atoms with Gasteiger partial charge in [0.1, 0.15) is 96.1 Å². The number of esters is 2. The molecule has 14 atom stereocenters. The minimum absolute atomic E-state index is 0.0793. The molecule has 0 saturated carbocycles. The van der Waals surface area contributed by atoms with Crippen LogP contribution in [-0.4, -0.2) is 249 Å². The summed E-state index contributed by atoms with van der Waals surface area (Å²) in [6, 6.07) is 10.4. The first kappa shape index (κ1) is 92.1. The summed E-state index contributed by atoms with van der Waals surface area (Å²) in [5.74, 6) is -20.7. The SMILES string of the molecule is COC(=O)CCC1NC(=O)C(Cc2ccccc2)NC(=O)C2CC(=O)OC(C)C(NC(=O)C(CO)NC(=O)C(Cc3ccccc3)NC(C)=O)C(=O)NC(Cc3ccc(O)cc3)C(=O)NC(CCCCNC(=O)CC(C(=O)NC(Cc3ccccc3)C(=O)O)NC1=O)C(=O)NC(Cc1ccc(O)cc1)C(=O)N1CCCC1C(=O)NC(CO)C(=O)N2.